The number of benzene rings is 3. The zero-order valence-electron chi connectivity index (χ0n) is 24.4. The highest BCUT2D eigenvalue weighted by Gasteiger charge is 2.38. The molecule has 2 aliphatic heterocycles. The van der Waals surface area contributed by atoms with Crippen molar-refractivity contribution in [1.82, 2.24) is 4.90 Å². The number of hydrogen-bond donors (Lipinski definition) is 0. The summed E-state index contributed by atoms with van der Waals surface area (Å²) in [5.74, 6) is 2.02. The second-order valence-corrected chi connectivity index (χ2v) is 12.7. The first-order valence-electron chi connectivity index (χ1n) is 15.3. The van der Waals surface area contributed by atoms with Crippen LogP contribution in [0.1, 0.15) is 85.3 Å². The Morgan fingerprint density at radius 1 is 0.952 bits per heavy atom. The fraction of sp³-hybridized carbons (Fsp3) is 0.457. The van der Waals surface area contributed by atoms with Gasteiger partial charge in [-0.3, -0.25) is 9.69 Å². The van der Waals surface area contributed by atoms with E-state index in [0.717, 1.165) is 55.7 Å². The zero-order chi connectivity index (χ0) is 29.2. The van der Waals surface area contributed by atoms with Crippen molar-refractivity contribution in [2.45, 2.75) is 88.9 Å². The quantitative estimate of drug-likeness (QED) is 0.252. The van der Waals surface area contributed by atoms with Crippen LogP contribution >= 0.6 is 23.2 Å². The number of carbonyl (C=O) groups excluding carboxylic acids is 1. The third-order valence-electron chi connectivity index (χ3n) is 9.32. The van der Waals surface area contributed by atoms with Gasteiger partial charge in [0.2, 0.25) is 0 Å². The fourth-order valence-corrected chi connectivity index (χ4v) is 7.31. The highest BCUT2D eigenvalue weighted by Crippen LogP contribution is 2.39. The van der Waals surface area contributed by atoms with Crippen molar-refractivity contribution >= 4 is 29.2 Å². The van der Waals surface area contributed by atoms with Crippen molar-refractivity contribution in [1.29, 1.82) is 0 Å². The molecular formula is C35H39Cl2NO4. The molecule has 6 rings (SSSR count). The van der Waals surface area contributed by atoms with E-state index in [0.29, 0.717) is 35.0 Å². The van der Waals surface area contributed by atoms with Crippen LogP contribution in [0.3, 0.4) is 0 Å². The molecule has 222 valence electrons. The van der Waals surface area contributed by atoms with Gasteiger partial charge in [0.15, 0.2) is 0 Å². The molecule has 0 aromatic heterocycles. The SMILES string of the molecule is CC[C@@H](Oc1ccc([C@@H]2CCOc3cc4c(cc3C2)CN(C2CCCC2)[C@H](C(=O)OC)C4)cc1)c1ccc(Cl)c(Cl)c1. The molecule has 0 N–H and O–H groups in total. The third-order valence-corrected chi connectivity index (χ3v) is 10.1. The molecule has 0 spiro atoms. The second kappa shape index (κ2) is 12.9. The molecular weight excluding hydrogens is 569 g/mol. The number of nitrogens with zero attached hydrogens (tertiary/aromatic N) is 1. The van der Waals surface area contributed by atoms with E-state index in [2.05, 4.69) is 48.2 Å². The van der Waals surface area contributed by atoms with Crippen LogP contribution < -0.4 is 9.47 Å². The lowest BCUT2D eigenvalue weighted by Gasteiger charge is -2.39. The number of carbonyl (C=O) groups is 1. The number of esters is 1. The van der Waals surface area contributed by atoms with E-state index >= 15 is 0 Å². The van der Waals surface area contributed by atoms with Crippen LogP contribution in [0.2, 0.25) is 10.0 Å². The molecule has 0 unspecified atom stereocenters. The third kappa shape index (κ3) is 6.15. The molecule has 3 aromatic rings. The number of rotatable bonds is 7. The van der Waals surface area contributed by atoms with E-state index in [1.165, 1.54) is 42.2 Å². The second-order valence-electron chi connectivity index (χ2n) is 11.9. The first-order chi connectivity index (χ1) is 20.4. The Hall–Kier alpha value is -2.73. The molecule has 0 amide bonds. The molecule has 1 saturated carbocycles. The smallest absolute Gasteiger partial charge is 0.323 e. The van der Waals surface area contributed by atoms with E-state index in [1.807, 2.05) is 18.2 Å². The highest BCUT2D eigenvalue weighted by atomic mass is 35.5. The van der Waals surface area contributed by atoms with Gasteiger partial charge in [0.1, 0.15) is 23.6 Å². The largest absolute Gasteiger partial charge is 0.493 e. The maximum Gasteiger partial charge on any atom is 0.323 e. The summed E-state index contributed by atoms with van der Waals surface area (Å²) in [6.45, 7) is 3.56. The highest BCUT2D eigenvalue weighted by molar-refractivity contribution is 6.42. The summed E-state index contributed by atoms with van der Waals surface area (Å²) in [6, 6.07) is 19.0. The maximum atomic E-state index is 12.8. The van der Waals surface area contributed by atoms with Crippen LogP contribution in [0.25, 0.3) is 0 Å². The molecule has 5 nitrogen and oxygen atoms in total. The molecule has 2 heterocycles. The van der Waals surface area contributed by atoms with Gasteiger partial charge < -0.3 is 14.2 Å². The summed E-state index contributed by atoms with van der Waals surface area (Å²) in [7, 11) is 1.50. The fourth-order valence-electron chi connectivity index (χ4n) is 7.00. The lowest BCUT2D eigenvalue weighted by molar-refractivity contribution is -0.148. The van der Waals surface area contributed by atoms with Gasteiger partial charge in [0.25, 0.3) is 0 Å². The molecule has 3 atom stereocenters. The first kappa shape index (κ1) is 29.3. The Morgan fingerprint density at radius 3 is 2.45 bits per heavy atom. The molecule has 1 fully saturated rings. The Balaban J connectivity index is 1.19. The Kier molecular flexibility index (Phi) is 8.99. The van der Waals surface area contributed by atoms with Gasteiger partial charge >= 0.3 is 5.97 Å². The predicted octanol–water partition coefficient (Wildman–Crippen LogP) is 8.47. The van der Waals surface area contributed by atoms with E-state index in [9.17, 15) is 4.79 Å². The summed E-state index contributed by atoms with van der Waals surface area (Å²) in [6.07, 6.45) is 8.06. The van der Waals surface area contributed by atoms with Crippen molar-refractivity contribution in [2.75, 3.05) is 13.7 Å². The van der Waals surface area contributed by atoms with Gasteiger partial charge in [-0.15, -0.1) is 0 Å². The van der Waals surface area contributed by atoms with Crippen molar-refractivity contribution < 1.29 is 19.0 Å². The van der Waals surface area contributed by atoms with E-state index in [1.54, 1.807) is 0 Å². The van der Waals surface area contributed by atoms with Gasteiger partial charge in [0.05, 0.1) is 23.8 Å². The van der Waals surface area contributed by atoms with Crippen LogP contribution in [0.15, 0.2) is 54.6 Å². The normalized spacial score (nSPS) is 21.5. The summed E-state index contributed by atoms with van der Waals surface area (Å²) < 4.78 is 17.9. The van der Waals surface area contributed by atoms with Crippen molar-refractivity contribution in [3.8, 4) is 11.5 Å². The summed E-state index contributed by atoms with van der Waals surface area (Å²) in [5.41, 5.74) is 6.09. The minimum absolute atomic E-state index is 0.0995. The minimum atomic E-state index is -0.216. The molecule has 1 aliphatic carbocycles. The van der Waals surface area contributed by atoms with Crippen LogP contribution in [-0.2, 0) is 28.9 Å². The molecule has 3 aromatic carbocycles. The van der Waals surface area contributed by atoms with Crippen molar-refractivity contribution in [2.24, 2.45) is 0 Å². The molecule has 7 heteroatoms. The van der Waals surface area contributed by atoms with Crippen LogP contribution in [-0.4, -0.2) is 36.7 Å². The Bertz CT molecular complexity index is 1420. The summed E-state index contributed by atoms with van der Waals surface area (Å²) in [5, 5.41) is 1.09. The minimum Gasteiger partial charge on any atom is -0.493 e. The Morgan fingerprint density at radius 2 is 1.74 bits per heavy atom. The number of methoxy groups -OCH3 is 1. The van der Waals surface area contributed by atoms with Crippen LogP contribution in [0, 0.1) is 0 Å². The van der Waals surface area contributed by atoms with Crippen molar-refractivity contribution in [3.63, 3.8) is 0 Å². The zero-order valence-corrected chi connectivity index (χ0v) is 25.9. The van der Waals surface area contributed by atoms with Crippen LogP contribution in [0.4, 0.5) is 0 Å². The van der Waals surface area contributed by atoms with E-state index < -0.39 is 0 Å². The first-order valence-corrected chi connectivity index (χ1v) is 16.0. The molecule has 0 radical (unpaired) electrons. The van der Waals surface area contributed by atoms with Crippen molar-refractivity contribution in [3.05, 3.63) is 92.5 Å². The summed E-state index contributed by atoms with van der Waals surface area (Å²) >= 11 is 12.4. The molecule has 42 heavy (non-hydrogen) atoms. The number of hydrogen-bond acceptors (Lipinski definition) is 5. The van der Waals surface area contributed by atoms with Gasteiger partial charge in [-0.2, -0.15) is 0 Å². The van der Waals surface area contributed by atoms with E-state index in [-0.39, 0.29) is 18.1 Å². The average Bonchev–Trinajstić information content (AvgIpc) is 3.47. The molecule has 3 aliphatic rings. The lowest BCUT2D eigenvalue weighted by Crippen LogP contribution is -2.50. The van der Waals surface area contributed by atoms with E-state index in [4.69, 9.17) is 37.4 Å². The number of fused-ring (bicyclic) bond motifs is 2. The van der Waals surface area contributed by atoms with Gasteiger partial charge in [-0.25, -0.2) is 0 Å². The average molecular weight is 609 g/mol. The monoisotopic (exact) mass is 607 g/mol. The number of halogens is 2. The topological polar surface area (TPSA) is 48.0 Å². The standard InChI is InChI=1S/C35H39Cl2NO4/c1-3-33(24-10-13-30(36)31(37)18-24)42-29-11-8-22(9-12-29)23-14-15-41-34-20-25-19-32(35(39)40-2)38(28-6-4-5-7-28)21-27(25)17-26(34)16-23/h8-13,17-18,20,23,28,32-33H,3-7,14-16,19,21H2,1-2H3/t23-,32+,33-/m1/s1. The van der Waals surface area contributed by atoms with Crippen LogP contribution in [0.5, 0.6) is 11.5 Å². The number of ether oxygens (including phenoxy) is 3. The predicted molar refractivity (Wildman–Crippen MR) is 167 cm³/mol. The summed E-state index contributed by atoms with van der Waals surface area (Å²) in [4.78, 5) is 15.2. The lowest BCUT2D eigenvalue weighted by atomic mass is 9.86. The molecule has 0 saturated heterocycles. The maximum absolute atomic E-state index is 12.8. The Labute approximate surface area is 259 Å². The van der Waals surface area contributed by atoms with Gasteiger partial charge in [-0.05, 0) is 103 Å². The molecule has 0 bridgehead atoms. The van der Waals surface area contributed by atoms with Gasteiger partial charge in [-0.1, -0.05) is 67.2 Å². The van der Waals surface area contributed by atoms with Gasteiger partial charge in [0, 0.05) is 12.6 Å².